The normalized spacial score (nSPS) is 10.7. The number of carbonyl (C=O) groups excluding carboxylic acids is 1. The molecule has 0 fully saturated rings. The number of hydrogen-bond donors (Lipinski definition) is 1. The Morgan fingerprint density at radius 2 is 2.24 bits per heavy atom. The van der Waals surface area contributed by atoms with Crippen LogP contribution >= 0.6 is 0 Å². The largest absolute Gasteiger partial charge is 0.472 e. The zero-order chi connectivity index (χ0) is 15.2. The lowest BCUT2D eigenvalue weighted by Crippen LogP contribution is -2.31. The SMILES string of the molecule is CCN(Cc1ccoc1)C(=O)c1cccnc1NC(C)C. The lowest BCUT2D eigenvalue weighted by Gasteiger charge is -2.22. The van der Waals surface area contributed by atoms with Gasteiger partial charge in [-0.3, -0.25) is 4.79 Å². The summed E-state index contributed by atoms with van der Waals surface area (Å²) in [7, 11) is 0. The monoisotopic (exact) mass is 287 g/mol. The minimum Gasteiger partial charge on any atom is -0.472 e. The van der Waals surface area contributed by atoms with Gasteiger partial charge in [-0.05, 0) is 39.0 Å². The number of hydrogen-bond acceptors (Lipinski definition) is 4. The molecule has 0 saturated heterocycles. The van der Waals surface area contributed by atoms with Gasteiger partial charge in [0.05, 0.1) is 18.1 Å². The number of carbonyl (C=O) groups is 1. The third kappa shape index (κ3) is 3.84. The lowest BCUT2D eigenvalue weighted by atomic mass is 10.2. The van der Waals surface area contributed by atoms with Crippen LogP contribution < -0.4 is 5.32 Å². The number of nitrogens with zero attached hydrogens (tertiary/aromatic N) is 2. The van der Waals surface area contributed by atoms with Crippen LogP contribution in [0.2, 0.25) is 0 Å². The molecule has 2 rings (SSSR count). The van der Waals surface area contributed by atoms with E-state index in [0.717, 1.165) is 5.56 Å². The molecule has 1 amide bonds. The number of pyridine rings is 1. The molecule has 21 heavy (non-hydrogen) atoms. The van der Waals surface area contributed by atoms with Crippen molar-refractivity contribution in [3.8, 4) is 0 Å². The fourth-order valence-corrected chi connectivity index (χ4v) is 2.07. The van der Waals surface area contributed by atoms with Gasteiger partial charge in [0.15, 0.2) is 0 Å². The second kappa shape index (κ2) is 6.92. The Labute approximate surface area is 125 Å². The molecule has 0 unspecified atom stereocenters. The predicted octanol–water partition coefficient (Wildman–Crippen LogP) is 3.16. The van der Waals surface area contributed by atoms with Crippen molar-refractivity contribution in [2.24, 2.45) is 0 Å². The first-order valence-electron chi connectivity index (χ1n) is 7.13. The minimum absolute atomic E-state index is 0.0325. The fraction of sp³-hybridized carbons (Fsp3) is 0.375. The van der Waals surface area contributed by atoms with Crippen LogP contribution in [0, 0.1) is 0 Å². The van der Waals surface area contributed by atoms with E-state index in [0.29, 0.717) is 24.5 Å². The maximum absolute atomic E-state index is 12.7. The second-order valence-corrected chi connectivity index (χ2v) is 5.15. The first kappa shape index (κ1) is 15.1. The molecule has 0 bridgehead atoms. The molecule has 0 aromatic carbocycles. The van der Waals surface area contributed by atoms with Gasteiger partial charge in [-0.15, -0.1) is 0 Å². The van der Waals surface area contributed by atoms with Gasteiger partial charge in [0.2, 0.25) is 0 Å². The first-order valence-corrected chi connectivity index (χ1v) is 7.13. The van der Waals surface area contributed by atoms with E-state index < -0.39 is 0 Å². The van der Waals surface area contributed by atoms with Crippen molar-refractivity contribution < 1.29 is 9.21 Å². The lowest BCUT2D eigenvalue weighted by molar-refractivity contribution is 0.0753. The van der Waals surface area contributed by atoms with E-state index in [1.165, 1.54) is 0 Å². The van der Waals surface area contributed by atoms with Gasteiger partial charge in [0.25, 0.3) is 5.91 Å². The van der Waals surface area contributed by atoms with Crippen molar-refractivity contribution in [3.05, 3.63) is 48.0 Å². The maximum Gasteiger partial charge on any atom is 0.257 e. The van der Waals surface area contributed by atoms with E-state index >= 15 is 0 Å². The Balaban J connectivity index is 2.21. The average molecular weight is 287 g/mol. The van der Waals surface area contributed by atoms with Gasteiger partial charge in [-0.25, -0.2) is 4.98 Å². The summed E-state index contributed by atoms with van der Waals surface area (Å²) in [6.07, 6.45) is 4.96. The molecule has 0 radical (unpaired) electrons. The van der Waals surface area contributed by atoms with Crippen molar-refractivity contribution in [3.63, 3.8) is 0 Å². The van der Waals surface area contributed by atoms with Gasteiger partial charge >= 0.3 is 0 Å². The van der Waals surface area contributed by atoms with Crippen molar-refractivity contribution in [2.75, 3.05) is 11.9 Å². The van der Waals surface area contributed by atoms with Gasteiger partial charge in [0, 0.05) is 30.9 Å². The van der Waals surface area contributed by atoms with Crippen molar-refractivity contribution in [1.82, 2.24) is 9.88 Å². The second-order valence-electron chi connectivity index (χ2n) is 5.15. The molecule has 5 heteroatoms. The third-order valence-corrected chi connectivity index (χ3v) is 3.09. The molecule has 0 aliphatic rings. The molecule has 0 spiro atoms. The van der Waals surface area contributed by atoms with E-state index in [1.807, 2.05) is 26.8 Å². The zero-order valence-corrected chi connectivity index (χ0v) is 12.7. The molecule has 0 atom stereocenters. The quantitative estimate of drug-likeness (QED) is 0.886. The van der Waals surface area contributed by atoms with Gasteiger partial charge < -0.3 is 14.6 Å². The molecule has 0 aliphatic carbocycles. The highest BCUT2D eigenvalue weighted by Crippen LogP contribution is 2.17. The molecule has 2 aromatic heterocycles. The van der Waals surface area contributed by atoms with Crippen LogP contribution in [0.3, 0.4) is 0 Å². The van der Waals surface area contributed by atoms with E-state index in [4.69, 9.17) is 4.42 Å². The fourth-order valence-electron chi connectivity index (χ4n) is 2.07. The van der Waals surface area contributed by atoms with E-state index in [2.05, 4.69) is 10.3 Å². The summed E-state index contributed by atoms with van der Waals surface area (Å²) in [5.74, 6) is 0.595. The van der Waals surface area contributed by atoms with Crippen LogP contribution in [-0.4, -0.2) is 28.4 Å². The molecule has 2 aromatic rings. The summed E-state index contributed by atoms with van der Waals surface area (Å²) in [5, 5.41) is 3.21. The topological polar surface area (TPSA) is 58.4 Å². The van der Waals surface area contributed by atoms with Crippen LogP contribution in [0.25, 0.3) is 0 Å². The average Bonchev–Trinajstić information content (AvgIpc) is 2.97. The first-order chi connectivity index (χ1) is 10.1. The highest BCUT2D eigenvalue weighted by Gasteiger charge is 2.19. The van der Waals surface area contributed by atoms with Crippen LogP contribution in [0.4, 0.5) is 5.82 Å². The minimum atomic E-state index is -0.0325. The number of nitrogens with one attached hydrogen (secondary N) is 1. The summed E-state index contributed by atoms with van der Waals surface area (Å²) in [6, 6.07) is 5.67. The van der Waals surface area contributed by atoms with Crippen molar-refractivity contribution >= 4 is 11.7 Å². The summed E-state index contributed by atoms with van der Waals surface area (Å²) < 4.78 is 5.06. The Morgan fingerprint density at radius 1 is 1.43 bits per heavy atom. The number of aromatic nitrogens is 1. The molecule has 112 valence electrons. The maximum atomic E-state index is 12.7. The number of rotatable bonds is 6. The van der Waals surface area contributed by atoms with E-state index in [9.17, 15) is 4.79 Å². The molecular weight excluding hydrogens is 266 g/mol. The Kier molecular flexibility index (Phi) is 4.98. The van der Waals surface area contributed by atoms with Gasteiger partial charge in [-0.1, -0.05) is 0 Å². The van der Waals surface area contributed by atoms with E-state index in [1.54, 1.807) is 35.8 Å². The molecular formula is C16H21N3O2. The van der Waals surface area contributed by atoms with Crippen molar-refractivity contribution in [2.45, 2.75) is 33.4 Å². The number of anilines is 1. The Morgan fingerprint density at radius 3 is 2.86 bits per heavy atom. The highest BCUT2D eigenvalue weighted by atomic mass is 16.3. The van der Waals surface area contributed by atoms with Gasteiger partial charge in [0.1, 0.15) is 5.82 Å². The van der Waals surface area contributed by atoms with Crippen LogP contribution in [0.15, 0.2) is 41.3 Å². The molecule has 5 nitrogen and oxygen atoms in total. The number of furan rings is 1. The van der Waals surface area contributed by atoms with E-state index in [-0.39, 0.29) is 11.9 Å². The third-order valence-electron chi connectivity index (χ3n) is 3.09. The summed E-state index contributed by atoms with van der Waals surface area (Å²) >= 11 is 0. The highest BCUT2D eigenvalue weighted by molar-refractivity contribution is 5.98. The summed E-state index contributed by atoms with van der Waals surface area (Å²) in [5.41, 5.74) is 1.57. The summed E-state index contributed by atoms with van der Waals surface area (Å²) in [4.78, 5) is 18.8. The summed E-state index contributed by atoms with van der Waals surface area (Å²) in [6.45, 7) is 7.16. The van der Waals surface area contributed by atoms with Crippen LogP contribution in [-0.2, 0) is 6.54 Å². The molecule has 1 N–H and O–H groups in total. The number of amides is 1. The molecule has 0 saturated carbocycles. The zero-order valence-electron chi connectivity index (χ0n) is 12.7. The van der Waals surface area contributed by atoms with Gasteiger partial charge in [-0.2, -0.15) is 0 Å². The van der Waals surface area contributed by atoms with Crippen LogP contribution in [0.5, 0.6) is 0 Å². The standard InChI is InChI=1S/C16H21N3O2/c1-4-19(10-13-7-9-21-11-13)16(20)14-6-5-8-17-15(14)18-12(2)3/h5-9,11-12H,4,10H2,1-3H3,(H,17,18). The Hall–Kier alpha value is -2.30. The smallest absolute Gasteiger partial charge is 0.257 e. The van der Waals surface area contributed by atoms with Crippen LogP contribution in [0.1, 0.15) is 36.7 Å². The Bertz CT molecular complexity index is 579. The predicted molar refractivity (Wildman–Crippen MR) is 82.1 cm³/mol. The molecule has 2 heterocycles. The van der Waals surface area contributed by atoms with Crippen molar-refractivity contribution in [1.29, 1.82) is 0 Å². The molecule has 0 aliphatic heterocycles.